The van der Waals surface area contributed by atoms with Gasteiger partial charge in [0.05, 0.1) is 32.2 Å². The Morgan fingerprint density at radius 3 is 2.31 bits per heavy atom. The number of nitrogens with zero attached hydrogens (tertiary/aromatic N) is 2. The summed E-state index contributed by atoms with van der Waals surface area (Å²) >= 11 is 0. The van der Waals surface area contributed by atoms with Crippen molar-refractivity contribution in [2.24, 2.45) is 5.92 Å². The number of quaternary nitrogens is 1. The molecule has 1 amide bonds. The maximum Gasteiger partial charge on any atom is 0.276 e. The summed E-state index contributed by atoms with van der Waals surface area (Å²) in [6.07, 6.45) is 0. The number of benzene rings is 1. The van der Waals surface area contributed by atoms with Gasteiger partial charge in [0.2, 0.25) is 0 Å². The summed E-state index contributed by atoms with van der Waals surface area (Å²) in [6, 6.07) is 9.90. The van der Waals surface area contributed by atoms with E-state index in [4.69, 9.17) is 0 Å². The van der Waals surface area contributed by atoms with E-state index < -0.39 is 5.54 Å². The van der Waals surface area contributed by atoms with Gasteiger partial charge in [-0.2, -0.15) is 5.26 Å². The van der Waals surface area contributed by atoms with E-state index in [1.807, 2.05) is 38.1 Å². The monoisotopic (exact) mass is 357 g/mol. The molecular weight excluding hydrogens is 328 g/mol. The maximum atomic E-state index is 12.3. The van der Waals surface area contributed by atoms with Gasteiger partial charge in [-0.1, -0.05) is 13.8 Å². The number of ketones is 1. The lowest BCUT2D eigenvalue weighted by molar-refractivity contribution is -0.892. The third-order valence-electron chi connectivity index (χ3n) is 5.31. The van der Waals surface area contributed by atoms with E-state index >= 15 is 0 Å². The normalized spacial score (nSPS) is 17.5. The highest BCUT2D eigenvalue weighted by atomic mass is 16.2. The van der Waals surface area contributed by atoms with Crippen LogP contribution in [0.4, 0.5) is 5.69 Å². The van der Waals surface area contributed by atoms with Crippen LogP contribution in [0.2, 0.25) is 0 Å². The number of carbonyl (C=O) groups excluding carboxylic acids is 2. The fourth-order valence-corrected chi connectivity index (χ4v) is 3.03. The molecular formula is C20H29N4O2+. The number of hydrogen-bond acceptors (Lipinski definition) is 4. The summed E-state index contributed by atoms with van der Waals surface area (Å²) in [6.45, 7) is 11.1. The summed E-state index contributed by atoms with van der Waals surface area (Å²) in [7, 11) is 0. The van der Waals surface area contributed by atoms with Gasteiger partial charge in [0.25, 0.3) is 5.91 Å². The summed E-state index contributed by atoms with van der Waals surface area (Å²) < 4.78 is 0. The number of piperazine rings is 1. The first-order chi connectivity index (χ1) is 12.2. The minimum Gasteiger partial charge on any atom is -0.360 e. The van der Waals surface area contributed by atoms with Gasteiger partial charge < -0.3 is 15.1 Å². The molecule has 0 spiro atoms. The van der Waals surface area contributed by atoms with Crippen molar-refractivity contribution in [2.45, 2.75) is 33.2 Å². The van der Waals surface area contributed by atoms with E-state index in [2.05, 4.69) is 16.3 Å². The van der Waals surface area contributed by atoms with E-state index in [9.17, 15) is 14.9 Å². The molecule has 0 unspecified atom stereocenters. The maximum absolute atomic E-state index is 12.3. The number of hydrogen-bond donors (Lipinski definition) is 2. The van der Waals surface area contributed by atoms with E-state index in [0.29, 0.717) is 6.54 Å². The summed E-state index contributed by atoms with van der Waals surface area (Å²) in [5.74, 6) is 0.0564. The van der Waals surface area contributed by atoms with Crippen molar-refractivity contribution in [3.63, 3.8) is 0 Å². The molecule has 1 aliphatic rings. The Morgan fingerprint density at radius 2 is 1.85 bits per heavy atom. The molecule has 2 rings (SSSR count). The van der Waals surface area contributed by atoms with Gasteiger partial charge in [-0.3, -0.25) is 9.59 Å². The second-order valence-electron chi connectivity index (χ2n) is 7.53. The third-order valence-corrected chi connectivity index (χ3v) is 5.31. The van der Waals surface area contributed by atoms with Gasteiger partial charge in [-0.05, 0) is 44.0 Å². The highest BCUT2D eigenvalue weighted by Gasteiger charge is 2.31. The topological polar surface area (TPSA) is 77.6 Å². The number of Topliss-reactive ketones (excluding diaryl/α,β-unsaturated/α-hetero) is 1. The lowest BCUT2D eigenvalue weighted by Gasteiger charge is -2.34. The van der Waals surface area contributed by atoms with Crippen LogP contribution in [0.3, 0.4) is 0 Å². The quantitative estimate of drug-likeness (QED) is 0.733. The highest BCUT2D eigenvalue weighted by Crippen LogP contribution is 2.16. The van der Waals surface area contributed by atoms with Gasteiger partial charge in [-0.15, -0.1) is 0 Å². The van der Waals surface area contributed by atoms with E-state index in [0.717, 1.165) is 37.4 Å². The fourth-order valence-electron chi connectivity index (χ4n) is 3.03. The van der Waals surface area contributed by atoms with Crippen LogP contribution >= 0.6 is 0 Å². The van der Waals surface area contributed by atoms with Crippen molar-refractivity contribution in [3.8, 4) is 6.07 Å². The zero-order valence-electron chi connectivity index (χ0n) is 16.1. The number of rotatable bonds is 6. The second-order valence-corrected chi connectivity index (χ2v) is 7.53. The molecule has 1 saturated heterocycles. The number of carbonyl (C=O) groups is 2. The Kier molecular flexibility index (Phi) is 6.38. The van der Waals surface area contributed by atoms with E-state index in [1.54, 1.807) is 13.8 Å². The van der Waals surface area contributed by atoms with Crippen LogP contribution in [0.1, 0.15) is 38.1 Å². The van der Waals surface area contributed by atoms with Crippen LogP contribution in [-0.2, 0) is 4.79 Å². The number of amides is 1. The number of nitriles is 1. The molecule has 6 nitrogen and oxygen atoms in total. The van der Waals surface area contributed by atoms with Crippen LogP contribution in [-0.4, -0.2) is 50.0 Å². The zero-order chi connectivity index (χ0) is 19.3. The average Bonchev–Trinajstić information content (AvgIpc) is 2.62. The second kappa shape index (κ2) is 8.33. The van der Waals surface area contributed by atoms with Gasteiger partial charge in [0.1, 0.15) is 5.54 Å². The summed E-state index contributed by atoms with van der Waals surface area (Å²) in [5, 5.41) is 12.2. The molecule has 26 heavy (non-hydrogen) atoms. The highest BCUT2D eigenvalue weighted by molar-refractivity contribution is 5.94. The molecule has 140 valence electrons. The molecule has 0 aliphatic carbocycles. The Balaban J connectivity index is 1.85. The summed E-state index contributed by atoms with van der Waals surface area (Å²) in [4.78, 5) is 27.2. The van der Waals surface area contributed by atoms with Crippen LogP contribution < -0.4 is 15.1 Å². The molecule has 6 heteroatoms. The van der Waals surface area contributed by atoms with E-state index in [-0.39, 0.29) is 17.6 Å². The molecule has 0 radical (unpaired) electrons. The molecule has 1 fully saturated rings. The first-order valence-corrected chi connectivity index (χ1v) is 9.17. The van der Waals surface area contributed by atoms with Gasteiger partial charge in [0.15, 0.2) is 12.3 Å². The standard InChI is InChI=1S/C20H28N4O2/c1-15(2)20(4,14-21)22-19(26)13-23-9-11-24(12-10-23)18-7-5-17(6-8-18)16(3)25/h5-8,15H,9-13H2,1-4H3,(H,22,26)/p+1/t20-/m1/s1. The minimum absolute atomic E-state index is 0.0567. The average molecular weight is 357 g/mol. The molecule has 1 aliphatic heterocycles. The zero-order valence-corrected chi connectivity index (χ0v) is 16.1. The van der Waals surface area contributed by atoms with Crippen LogP contribution in [0.25, 0.3) is 0 Å². The molecule has 1 atom stereocenters. The minimum atomic E-state index is -0.823. The Bertz CT molecular complexity index is 685. The predicted molar refractivity (Wildman–Crippen MR) is 101 cm³/mol. The predicted octanol–water partition coefficient (Wildman–Crippen LogP) is 0.649. The van der Waals surface area contributed by atoms with Gasteiger partial charge in [-0.25, -0.2) is 0 Å². The van der Waals surface area contributed by atoms with Crippen LogP contribution in [0, 0.1) is 17.2 Å². The lowest BCUT2D eigenvalue weighted by Crippen LogP contribution is -3.16. The SMILES string of the molecule is CC(=O)c1ccc(N2CC[NH+](CC(=O)N[C@](C)(C#N)C(C)C)CC2)cc1. The van der Waals surface area contributed by atoms with Crippen LogP contribution in [0.5, 0.6) is 0 Å². The molecule has 1 aromatic rings. The van der Waals surface area contributed by atoms with Crippen molar-refractivity contribution >= 4 is 17.4 Å². The number of anilines is 1. The Morgan fingerprint density at radius 1 is 1.27 bits per heavy atom. The molecule has 1 aromatic carbocycles. The Labute approximate surface area is 155 Å². The van der Waals surface area contributed by atoms with Crippen molar-refractivity contribution < 1.29 is 14.5 Å². The largest absolute Gasteiger partial charge is 0.360 e. The molecule has 0 saturated carbocycles. The molecule has 1 heterocycles. The smallest absolute Gasteiger partial charge is 0.276 e. The first-order valence-electron chi connectivity index (χ1n) is 9.17. The van der Waals surface area contributed by atoms with Gasteiger partial charge in [0, 0.05) is 11.3 Å². The Hall–Kier alpha value is -2.39. The van der Waals surface area contributed by atoms with Crippen LogP contribution in [0.15, 0.2) is 24.3 Å². The fraction of sp³-hybridized carbons (Fsp3) is 0.550. The van der Waals surface area contributed by atoms with Crippen molar-refractivity contribution in [3.05, 3.63) is 29.8 Å². The van der Waals surface area contributed by atoms with Crippen molar-refractivity contribution in [1.82, 2.24) is 5.32 Å². The van der Waals surface area contributed by atoms with Crippen molar-refractivity contribution in [2.75, 3.05) is 37.6 Å². The number of nitrogens with one attached hydrogen (secondary N) is 2. The first kappa shape index (κ1) is 19.9. The van der Waals surface area contributed by atoms with E-state index in [1.165, 1.54) is 4.90 Å². The van der Waals surface area contributed by atoms with Gasteiger partial charge >= 0.3 is 0 Å². The van der Waals surface area contributed by atoms with Crippen molar-refractivity contribution in [1.29, 1.82) is 5.26 Å². The molecule has 0 bridgehead atoms. The summed E-state index contributed by atoms with van der Waals surface area (Å²) in [5.41, 5.74) is 1.01. The molecule has 2 N–H and O–H groups in total. The third kappa shape index (κ3) is 4.83. The lowest BCUT2D eigenvalue weighted by atomic mass is 9.90. The molecule has 0 aromatic heterocycles.